The predicted molar refractivity (Wildman–Crippen MR) is 69.9 cm³/mol. The Kier molecular flexibility index (Phi) is 5.56. The molecule has 4 unspecified atom stereocenters. The molecule has 1 aliphatic rings. The van der Waals surface area contributed by atoms with Crippen LogP contribution in [0.2, 0.25) is 0 Å². The van der Waals surface area contributed by atoms with Gasteiger partial charge in [-0.15, -0.1) is 0 Å². The number of hydrogen-bond donors (Lipinski definition) is 4. The summed E-state index contributed by atoms with van der Waals surface area (Å²) in [6.45, 7) is 4.31. The van der Waals surface area contributed by atoms with Crippen LogP contribution >= 0.6 is 0 Å². The van der Waals surface area contributed by atoms with E-state index in [1.54, 1.807) is 0 Å². The van der Waals surface area contributed by atoms with Crippen LogP contribution in [0.15, 0.2) is 0 Å². The van der Waals surface area contributed by atoms with Crippen molar-refractivity contribution >= 4 is 12.0 Å². The normalized spacial score (nSPS) is 27.4. The molecule has 0 aliphatic carbocycles. The molecule has 0 spiro atoms. The number of carbonyl (C=O) groups excluding carboxylic acids is 1. The Morgan fingerprint density at radius 3 is 2.53 bits per heavy atom. The van der Waals surface area contributed by atoms with Gasteiger partial charge in [0.15, 0.2) is 6.04 Å². The van der Waals surface area contributed by atoms with Gasteiger partial charge >= 0.3 is 12.0 Å². The van der Waals surface area contributed by atoms with E-state index in [9.17, 15) is 14.7 Å². The second-order valence-electron chi connectivity index (χ2n) is 5.23. The van der Waals surface area contributed by atoms with Crippen molar-refractivity contribution in [3.63, 3.8) is 0 Å². The van der Waals surface area contributed by atoms with Gasteiger partial charge in [-0.2, -0.15) is 0 Å². The van der Waals surface area contributed by atoms with Gasteiger partial charge in [0.05, 0.1) is 6.10 Å². The molecule has 7 heteroatoms. The van der Waals surface area contributed by atoms with Crippen molar-refractivity contribution in [2.24, 2.45) is 0 Å². The van der Waals surface area contributed by atoms with E-state index in [-0.39, 0.29) is 6.04 Å². The number of carboxylic acid groups (broad SMARTS) is 1. The summed E-state index contributed by atoms with van der Waals surface area (Å²) in [4.78, 5) is 24.8. The van der Waals surface area contributed by atoms with E-state index in [2.05, 4.69) is 22.5 Å². The number of hydrogen-bond acceptors (Lipinski definition) is 4. The molecule has 19 heavy (non-hydrogen) atoms. The summed E-state index contributed by atoms with van der Waals surface area (Å²) in [7, 11) is 2.04. The van der Waals surface area contributed by atoms with Gasteiger partial charge in [0.25, 0.3) is 0 Å². The minimum absolute atomic E-state index is 0.0367. The molecule has 0 aromatic carbocycles. The molecule has 0 radical (unpaired) electrons. The average molecular weight is 273 g/mol. The van der Waals surface area contributed by atoms with Crippen molar-refractivity contribution in [1.82, 2.24) is 15.5 Å². The van der Waals surface area contributed by atoms with Gasteiger partial charge in [0.1, 0.15) is 0 Å². The Morgan fingerprint density at radius 2 is 2.05 bits per heavy atom. The fraction of sp³-hybridized carbons (Fsp3) is 0.833. The maximum Gasteiger partial charge on any atom is 0.328 e. The summed E-state index contributed by atoms with van der Waals surface area (Å²) in [5.41, 5.74) is 0. The van der Waals surface area contributed by atoms with Crippen LogP contribution in [0.3, 0.4) is 0 Å². The summed E-state index contributed by atoms with van der Waals surface area (Å²) in [6, 6.07) is -1.42. The maximum absolute atomic E-state index is 11.7. The molecule has 7 nitrogen and oxygen atoms in total. The molecule has 0 saturated carbocycles. The lowest BCUT2D eigenvalue weighted by Crippen LogP contribution is -2.55. The minimum Gasteiger partial charge on any atom is -0.480 e. The van der Waals surface area contributed by atoms with Crippen molar-refractivity contribution < 1.29 is 19.8 Å². The van der Waals surface area contributed by atoms with Crippen LogP contribution < -0.4 is 10.6 Å². The Bertz CT molecular complexity index is 335. The van der Waals surface area contributed by atoms with E-state index in [0.29, 0.717) is 6.04 Å². The quantitative estimate of drug-likeness (QED) is 0.558. The number of nitrogens with zero attached hydrogens (tertiary/aromatic N) is 1. The van der Waals surface area contributed by atoms with Crippen LogP contribution in [-0.2, 0) is 4.79 Å². The van der Waals surface area contributed by atoms with Gasteiger partial charge in [0.2, 0.25) is 0 Å². The molecule has 110 valence electrons. The number of aliphatic hydroxyl groups is 1. The highest BCUT2D eigenvalue weighted by molar-refractivity contribution is 5.83. The molecule has 0 bridgehead atoms. The van der Waals surface area contributed by atoms with Crippen molar-refractivity contribution in [1.29, 1.82) is 0 Å². The van der Waals surface area contributed by atoms with E-state index in [0.717, 1.165) is 19.4 Å². The lowest BCUT2D eigenvalue weighted by atomic mass is 9.99. The van der Waals surface area contributed by atoms with Gasteiger partial charge < -0.3 is 25.7 Å². The van der Waals surface area contributed by atoms with Gasteiger partial charge in [-0.1, -0.05) is 0 Å². The summed E-state index contributed by atoms with van der Waals surface area (Å²) < 4.78 is 0. The lowest BCUT2D eigenvalue weighted by molar-refractivity contribution is -0.141. The van der Waals surface area contributed by atoms with Crippen molar-refractivity contribution in [2.75, 3.05) is 13.6 Å². The van der Waals surface area contributed by atoms with Crippen molar-refractivity contribution in [3.8, 4) is 0 Å². The average Bonchev–Trinajstić information content (AvgIpc) is 2.30. The molecule has 4 N–H and O–H groups in total. The highest BCUT2D eigenvalue weighted by Crippen LogP contribution is 2.15. The summed E-state index contributed by atoms with van der Waals surface area (Å²) in [5.74, 6) is -1.25. The molecule has 0 aromatic heterocycles. The number of urea groups is 1. The van der Waals surface area contributed by atoms with E-state index < -0.39 is 24.1 Å². The number of likely N-dealkylation sites (tertiary alicyclic amines) is 1. The number of amides is 2. The lowest BCUT2D eigenvalue weighted by Gasteiger charge is -2.35. The largest absolute Gasteiger partial charge is 0.480 e. The molecular weight excluding hydrogens is 250 g/mol. The smallest absolute Gasteiger partial charge is 0.328 e. The Labute approximate surface area is 113 Å². The van der Waals surface area contributed by atoms with E-state index in [1.165, 1.54) is 6.92 Å². The minimum atomic E-state index is -1.29. The van der Waals surface area contributed by atoms with Gasteiger partial charge in [0, 0.05) is 18.6 Å². The number of aliphatic carboxylic acids is 1. The molecule has 1 saturated heterocycles. The monoisotopic (exact) mass is 273 g/mol. The Balaban J connectivity index is 2.44. The highest BCUT2D eigenvalue weighted by Gasteiger charge is 2.28. The SMILES string of the molecule is CC(O)C(NC(=O)NC1CCN(C)C(C)C1)C(=O)O. The predicted octanol–water partition coefficient (Wildman–Crippen LogP) is -0.398. The zero-order valence-electron chi connectivity index (χ0n) is 11.6. The first-order valence-corrected chi connectivity index (χ1v) is 6.49. The highest BCUT2D eigenvalue weighted by atomic mass is 16.4. The van der Waals surface area contributed by atoms with Crippen LogP contribution in [-0.4, -0.2) is 64.9 Å². The molecule has 4 atom stereocenters. The summed E-state index contributed by atoms with van der Waals surface area (Å²) >= 11 is 0. The van der Waals surface area contributed by atoms with Crippen LogP contribution in [0.1, 0.15) is 26.7 Å². The zero-order valence-corrected chi connectivity index (χ0v) is 11.6. The molecule has 0 aromatic rings. The first-order chi connectivity index (χ1) is 8.81. The molecule has 1 rings (SSSR count). The topological polar surface area (TPSA) is 102 Å². The number of aliphatic hydroxyl groups excluding tert-OH is 1. The molecule has 1 aliphatic heterocycles. The van der Waals surface area contributed by atoms with E-state index >= 15 is 0 Å². The number of carbonyl (C=O) groups is 2. The third-order valence-corrected chi connectivity index (χ3v) is 3.58. The molecular formula is C12H23N3O4. The number of piperidine rings is 1. The first kappa shape index (κ1) is 15.7. The second kappa shape index (κ2) is 6.72. The molecule has 1 fully saturated rings. The third-order valence-electron chi connectivity index (χ3n) is 3.58. The van der Waals surface area contributed by atoms with Crippen molar-refractivity contribution in [2.45, 2.75) is 50.9 Å². The van der Waals surface area contributed by atoms with Gasteiger partial charge in [-0.3, -0.25) is 0 Å². The second-order valence-corrected chi connectivity index (χ2v) is 5.23. The molecule has 2 amide bonds. The van der Waals surface area contributed by atoms with Gasteiger partial charge in [-0.05, 0) is 33.7 Å². The summed E-state index contributed by atoms with van der Waals surface area (Å²) in [5, 5.41) is 23.2. The van der Waals surface area contributed by atoms with Crippen molar-refractivity contribution in [3.05, 3.63) is 0 Å². The van der Waals surface area contributed by atoms with Crippen LogP contribution in [0.5, 0.6) is 0 Å². The number of nitrogens with one attached hydrogen (secondary N) is 2. The Morgan fingerprint density at radius 1 is 1.42 bits per heavy atom. The third kappa shape index (κ3) is 4.68. The summed E-state index contributed by atoms with van der Waals surface area (Å²) in [6.07, 6.45) is 0.525. The first-order valence-electron chi connectivity index (χ1n) is 6.49. The number of carboxylic acids is 1. The van der Waals surface area contributed by atoms with Crippen LogP contribution in [0, 0.1) is 0 Å². The maximum atomic E-state index is 11.7. The van der Waals surface area contributed by atoms with E-state index in [1.807, 2.05) is 7.05 Å². The fourth-order valence-electron chi connectivity index (χ4n) is 2.18. The number of rotatable bonds is 4. The van der Waals surface area contributed by atoms with E-state index in [4.69, 9.17) is 5.11 Å². The fourth-order valence-corrected chi connectivity index (χ4v) is 2.18. The van der Waals surface area contributed by atoms with Crippen LogP contribution in [0.4, 0.5) is 4.79 Å². The van der Waals surface area contributed by atoms with Gasteiger partial charge in [-0.25, -0.2) is 9.59 Å². The zero-order chi connectivity index (χ0) is 14.6. The Hall–Kier alpha value is -1.34. The standard InChI is InChI=1S/C12H23N3O4/c1-7-6-9(4-5-15(7)3)13-12(19)14-10(8(2)16)11(17)18/h7-10,16H,4-6H2,1-3H3,(H,17,18)(H2,13,14,19). The molecule has 1 heterocycles. The van der Waals surface area contributed by atoms with Crippen LogP contribution in [0.25, 0.3) is 0 Å².